The number of hydrogen-bond donors (Lipinski definition) is 2. The number of benzene rings is 2. The van der Waals surface area contributed by atoms with E-state index >= 15 is 0 Å². The number of nitrogens with one attached hydrogen (secondary N) is 2. The van der Waals surface area contributed by atoms with Crippen molar-refractivity contribution in [3.05, 3.63) is 59.7 Å². The lowest BCUT2D eigenvalue weighted by atomic mass is 10.1. The molecule has 0 heterocycles. The van der Waals surface area contributed by atoms with Crippen LogP contribution in [0.5, 0.6) is 11.5 Å². The summed E-state index contributed by atoms with van der Waals surface area (Å²) in [4.78, 5) is 35.8. The molecule has 0 bridgehead atoms. The molecule has 8 heteroatoms. The van der Waals surface area contributed by atoms with E-state index in [1.807, 2.05) is 6.92 Å². The van der Waals surface area contributed by atoms with E-state index in [4.69, 9.17) is 14.2 Å². The smallest absolute Gasteiger partial charge is 0.331 e. The number of hydrogen-bond acceptors (Lipinski definition) is 6. The second-order valence-corrected chi connectivity index (χ2v) is 6.01. The molecule has 0 unspecified atom stereocenters. The Morgan fingerprint density at radius 3 is 2.50 bits per heavy atom. The number of para-hydroxylation sites is 1. The van der Waals surface area contributed by atoms with Gasteiger partial charge in [-0.2, -0.15) is 0 Å². The maximum atomic E-state index is 12.0. The molecule has 30 heavy (non-hydrogen) atoms. The second kappa shape index (κ2) is 11.3. The van der Waals surface area contributed by atoms with Crippen LogP contribution in [0.4, 0.5) is 5.69 Å². The third kappa shape index (κ3) is 6.37. The zero-order valence-corrected chi connectivity index (χ0v) is 17.1. The summed E-state index contributed by atoms with van der Waals surface area (Å²) < 4.78 is 15.4. The maximum absolute atomic E-state index is 12.0. The average Bonchev–Trinajstić information content (AvgIpc) is 2.76. The molecule has 0 aliphatic rings. The molecule has 0 aromatic heterocycles. The van der Waals surface area contributed by atoms with Crippen molar-refractivity contribution in [2.75, 3.05) is 32.7 Å². The first kappa shape index (κ1) is 22.5. The van der Waals surface area contributed by atoms with Crippen LogP contribution in [0.2, 0.25) is 0 Å². The lowest BCUT2D eigenvalue weighted by Crippen LogP contribution is -2.23. The highest BCUT2D eigenvalue weighted by Gasteiger charge is 2.10. The van der Waals surface area contributed by atoms with Crippen molar-refractivity contribution in [1.29, 1.82) is 0 Å². The Bertz CT molecular complexity index is 939. The van der Waals surface area contributed by atoms with E-state index < -0.39 is 18.5 Å². The van der Waals surface area contributed by atoms with Gasteiger partial charge in [-0.15, -0.1) is 0 Å². The summed E-state index contributed by atoms with van der Waals surface area (Å²) in [6, 6.07) is 11.7. The first-order valence-corrected chi connectivity index (χ1v) is 9.22. The monoisotopic (exact) mass is 412 g/mol. The van der Waals surface area contributed by atoms with Gasteiger partial charge in [0.15, 0.2) is 18.1 Å². The van der Waals surface area contributed by atoms with Gasteiger partial charge >= 0.3 is 5.97 Å². The van der Waals surface area contributed by atoms with Crippen LogP contribution in [0, 0.1) is 0 Å². The molecule has 0 radical (unpaired) electrons. The number of anilines is 1. The first-order valence-electron chi connectivity index (χ1n) is 9.22. The number of rotatable bonds is 9. The largest absolute Gasteiger partial charge is 0.493 e. The van der Waals surface area contributed by atoms with Crippen LogP contribution in [0.15, 0.2) is 48.5 Å². The standard InChI is InChI=1S/C22H24N2O6/c1-4-23-22(27)16-8-5-9-17(13-16)24-19(25)14-30-20(26)12-11-15-7-6-10-18(28-2)21(15)29-3/h5-13H,4,14H2,1-3H3,(H,23,27)(H,24,25)/b12-11+. The van der Waals surface area contributed by atoms with Gasteiger partial charge in [0.1, 0.15) is 0 Å². The lowest BCUT2D eigenvalue weighted by Gasteiger charge is -2.10. The number of carbonyl (C=O) groups is 3. The van der Waals surface area contributed by atoms with E-state index in [0.717, 1.165) is 0 Å². The molecular formula is C22H24N2O6. The van der Waals surface area contributed by atoms with Crippen LogP contribution < -0.4 is 20.1 Å². The predicted octanol–water partition coefficient (Wildman–Crippen LogP) is 2.65. The molecule has 2 aromatic carbocycles. The molecule has 2 amide bonds. The van der Waals surface area contributed by atoms with Gasteiger partial charge in [0.2, 0.25) is 0 Å². The van der Waals surface area contributed by atoms with Gasteiger partial charge < -0.3 is 24.8 Å². The fourth-order valence-corrected chi connectivity index (χ4v) is 2.58. The number of methoxy groups -OCH3 is 2. The van der Waals surface area contributed by atoms with Gasteiger partial charge in [-0.1, -0.05) is 18.2 Å². The minimum Gasteiger partial charge on any atom is -0.493 e. The molecule has 0 aliphatic carbocycles. The predicted molar refractivity (Wildman–Crippen MR) is 113 cm³/mol. The normalized spacial score (nSPS) is 10.4. The Labute approximate surface area is 174 Å². The molecule has 8 nitrogen and oxygen atoms in total. The van der Waals surface area contributed by atoms with Crippen molar-refractivity contribution < 1.29 is 28.6 Å². The summed E-state index contributed by atoms with van der Waals surface area (Å²) in [7, 11) is 3.02. The highest BCUT2D eigenvalue weighted by atomic mass is 16.5. The Morgan fingerprint density at radius 1 is 1.03 bits per heavy atom. The van der Waals surface area contributed by atoms with Crippen molar-refractivity contribution in [3.63, 3.8) is 0 Å². The van der Waals surface area contributed by atoms with Gasteiger partial charge in [-0.05, 0) is 37.3 Å². The maximum Gasteiger partial charge on any atom is 0.331 e. The Morgan fingerprint density at radius 2 is 1.80 bits per heavy atom. The zero-order valence-electron chi connectivity index (χ0n) is 17.1. The fraction of sp³-hybridized carbons (Fsp3) is 0.227. The SMILES string of the molecule is CCNC(=O)c1cccc(NC(=O)COC(=O)/C=C/c2cccc(OC)c2OC)c1. The molecule has 2 rings (SSSR count). The topological polar surface area (TPSA) is 103 Å². The third-order valence-electron chi connectivity index (χ3n) is 3.92. The van der Waals surface area contributed by atoms with Gasteiger partial charge in [0.05, 0.1) is 14.2 Å². The Hall–Kier alpha value is -3.81. The molecule has 0 saturated carbocycles. The fourth-order valence-electron chi connectivity index (χ4n) is 2.58. The summed E-state index contributed by atoms with van der Waals surface area (Å²) in [6.45, 7) is 1.85. The minimum absolute atomic E-state index is 0.238. The number of ether oxygens (including phenoxy) is 3. The highest BCUT2D eigenvalue weighted by molar-refractivity contribution is 5.98. The van der Waals surface area contributed by atoms with Crippen LogP contribution in [0.1, 0.15) is 22.8 Å². The van der Waals surface area contributed by atoms with E-state index in [1.165, 1.54) is 26.4 Å². The zero-order chi connectivity index (χ0) is 21.9. The average molecular weight is 412 g/mol. The minimum atomic E-state index is -0.689. The van der Waals surface area contributed by atoms with E-state index in [1.54, 1.807) is 42.5 Å². The van der Waals surface area contributed by atoms with Crippen molar-refractivity contribution in [3.8, 4) is 11.5 Å². The van der Waals surface area contributed by atoms with Crippen molar-refractivity contribution in [2.45, 2.75) is 6.92 Å². The van der Waals surface area contributed by atoms with E-state index in [9.17, 15) is 14.4 Å². The van der Waals surface area contributed by atoms with Crippen molar-refractivity contribution in [2.24, 2.45) is 0 Å². The molecule has 0 fully saturated rings. The van der Waals surface area contributed by atoms with Crippen molar-refractivity contribution >= 4 is 29.5 Å². The van der Waals surface area contributed by atoms with Crippen LogP contribution in [0.3, 0.4) is 0 Å². The first-order chi connectivity index (χ1) is 14.5. The summed E-state index contributed by atoms with van der Waals surface area (Å²) >= 11 is 0. The molecule has 2 aromatic rings. The van der Waals surface area contributed by atoms with Crippen LogP contribution >= 0.6 is 0 Å². The Balaban J connectivity index is 1.91. The second-order valence-electron chi connectivity index (χ2n) is 6.01. The summed E-state index contributed by atoms with van der Waals surface area (Å²) in [5, 5.41) is 5.26. The highest BCUT2D eigenvalue weighted by Crippen LogP contribution is 2.31. The summed E-state index contributed by atoms with van der Waals surface area (Å²) in [5.74, 6) is -0.441. The van der Waals surface area contributed by atoms with E-state index in [2.05, 4.69) is 10.6 Å². The molecule has 0 saturated heterocycles. The van der Waals surface area contributed by atoms with Crippen LogP contribution in [-0.4, -0.2) is 45.2 Å². The third-order valence-corrected chi connectivity index (χ3v) is 3.92. The number of amides is 2. The number of esters is 1. The van der Waals surface area contributed by atoms with Crippen LogP contribution in [0.25, 0.3) is 6.08 Å². The van der Waals surface area contributed by atoms with Gasteiger partial charge in [-0.3, -0.25) is 9.59 Å². The molecule has 0 aliphatic heterocycles. The molecule has 0 spiro atoms. The quantitative estimate of drug-likeness (QED) is 0.485. The van der Waals surface area contributed by atoms with E-state index in [0.29, 0.717) is 34.9 Å². The number of carbonyl (C=O) groups excluding carboxylic acids is 3. The van der Waals surface area contributed by atoms with Gasteiger partial charge in [0, 0.05) is 29.4 Å². The Kier molecular flexibility index (Phi) is 8.43. The molecule has 158 valence electrons. The van der Waals surface area contributed by atoms with Gasteiger partial charge in [0.25, 0.3) is 11.8 Å². The molecular weight excluding hydrogens is 388 g/mol. The van der Waals surface area contributed by atoms with Crippen LogP contribution in [-0.2, 0) is 14.3 Å². The summed E-state index contributed by atoms with van der Waals surface area (Å²) in [5.41, 5.74) is 1.47. The lowest BCUT2D eigenvalue weighted by molar-refractivity contribution is -0.142. The van der Waals surface area contributed by atoms with Gasteiger partial charge in [-0.25, -0.2) is 4.79 Å². The van der Waals surface area contributed by atoms with Crippen molar-refractivity contribution in [1.82, 2.24) is 5.32 Å². The van der Waals surface area contributed by atoms with E-state index in [-0.39, 0.29) is 5.91 Å². The molecule has 2 N–H and O–H groups in total. The summed E-state index contributed by atoms with van der Waals surface area (Å²) in [6.07, 6.45) is 2.71. The molecule has 0 atom stereocenters.